The van der Waals surface area contributed by atoms with Crippen LogP contribution in [0.4, 0.5) is 0 Å². The Labute approximate surface area is 149 Å². The van der Waals surface area contributed by atoms with Gasteiger partial charge in [0, 0.05) is 12.0 Å². The third-order valence-electron chi connectivity index (χ3n) is 3.99. The lowest BCUT2D eigenvalue weighted by atomic mass is 10.0. The van der Waals surface area contributed by atoms with Gasteiger partial charge in [0.25, 0.3) is 0 Å². The van der Waals surface area contributed by atoms with Gasteiger partial charge in [-0.1, -0.05) is 36.1 Å². The molecule has 0 spiro atoms. The largest absolute Gasteiger partial charge is 0.465 e. The molecule has 1 atom stereocenters. The Morgan fingerprint density at radius 1 is 1.00 bits per heavy atom. The van der Waals surface area contributed by atoms with Crippen molar-refractivity contribution in [2.75, 3.05) is 6.61 Å². The average molecular weight is 336 g/mol. The van der Waals surface area contributed by atoms with Crippen molar-refractivity contribution in [2.45, 2.75) is 45.0 Å². The molecule has 1 fully saturated rings. The maximum absolute atomic E-state index is 9.66. The fraction of sp³-hybridized carbons (Fsp3) is 0.364. The molecular formula is C22H24O3. The summed E-state index contributed by atoms with van der Waals surface area (Å²) in [5.41, 5.74) is 2.16. The van der Waals surface area contributed by atoms with Gasteiger partial charge in [0.05, 0.1) is 6.61 Å². The summed E-state index contributed by atoms with van der Waals surface area (Å²) in [5.74, 6) is 6.64. The van der Waals surface area contributed by atoms with Crippen molar-refractivity contribution in [2.24, 2.45) is 0 Å². The van der Waals surface area contributed by atoms with E-state index in [1.54, 1.807) is 13.8 Å². The van der Waals surface area contributed by atoms with Gasteiger partial charge >= 0.3 is 0 Å². The first-order valence-electron chi connectivity index (χ1n) is 8.74. The Morgan fingerprint density at radius 2 is 1.64 bits per heavy atom. The highest BCUT2D eigenvalue weighted by molar-refractivity contribution is 5.65. The predicted octanol–water partition coefficient (Wildman–Crippen LogP) is 4.38. The van der Waals surface area contributed by atoms with Crippen LogP contribution in [0.2, 0.25) is 0 Å². The maximum atomic E-state index is 9.66. The van der Waals surface area contributed by atoms with Crippen LogP contribution in [0.25, 0.3) is 11.1 Å². The van der Waals surface area contributed by atoms with Gasteiger partial charge < -0.3 is 14.6 Å². The van der Waals surface area contributed by atoms with E-state index in [2.05, 4.69) is 24.0 Å². The molecule has 0 aromatic heterocycles. The van der Waals surface area contributed by atoms with Gasteiger partial charge in [-0.2, -0.15) is 0 Å². The van der Waals surface area contributed by atoms with E-state index in [1.807, 2.05) is 36.4 Å². The number of rotatable bonds is 3. The van der Waals surface area contributed by atoms with E-state index in [0.717, 1.165) is 48.3 Å². The first kappa shape index (κ1) is 17.5. The predicted molar refractivity (Wildman–Crippen MR) is 99.3 cm³/mol. The zero-order valence-electron chi connectivity index (χ0n) is 14.8. The van der Waals surface area contributed by atoms with E-state index in [-0.39, 0.29) is 6.29 Å². The second kappa shape index (κ2) is 7.74. The summed E-state index contributed by atoms with van der Waals surface area (Å²) >= 11 is 0. The minimum Gasteiger partial charge on any atom is -0.465 e. The zero-order valence-corrected chi connectivity index (χ0v) is 14.8. The first-order valence-corrected chi connectivity index (χ1v) is 8.74. The Kier molecular flexibility index (Phi) is 5.43. The monoisotopic (exact) mass is 336 g/mol. The van der Waals surface area contributed by atoms with Gasteiger partial charge in [0.1, 0.15) is 11.4 Å². The molecule has 130 valence electrons. The molecule has 3 heteroatoms. The molecule has 2 aromatic rings. The van der Waals surface area contributed by atoms with Crippen molar-refractivity contribution in [1.82, 2.24) is 0 Å². The molecule has 3 rings (SSSR count). The Morgan fingerprint density at radius 3 is 2.20 bits per heavy atom. The van der Waals surface area contributed by atoms with Gasteiger partial charge in [-0.25, -0.2) is 0 Å². The third kappa shape index (κ3) is 5.35. The molecule has 3 nitrogen and oxygen atoms in total. The quantitative estimate of drug-likeness (QED) is 0.845. The Balaban J connectivity index is 1.66. The minimum atomic E-state index is -0.976. The van der Waals surface area contributed by atoms with Crippen LogP contribution in [0.3, 0.4) is 0 Å². The molecule has 0 amide bonds. The molecule has 25 heavy (non-hydrogen) atoms. The summed E-state index contributed by atoms with van der Waals surface area (Å²) in [6, 6.07) is 16.1. The van der Waals surface area contributed by atoms with E-state index in [1.165, 1.54) is 0 Å². The zero-order chi connectivity index (χ0) is 17.7. The van der Waals surface area contributed by atoms with Crippen LogP contribution < -0.4 is 4.74 Å². The molecule has 1 unspecified atom stereocenters. The summed E-state index contributed by atoms with van der Waals surface area (Å²) in [7, 11) is 0. The van der Waals surface area contributed by atoms with E-state index in [0.29, 0.717) is 0 Å². The normalized spacial score (nSPS) is 17.5. The van der Waals surface area contributed by atoms with Gasteiger partial charge in [-0.15, -0.1) is 0 Å². The standard InChI is InChI=1S/C22H24O3/c1-22(2,23)15-14-17-6-8-18(9-7-17)19-10-12-20(13-11-19)25-21-5-3-4-16-24-21/h6-13,21,23H,3-5,16H2,1-2H3. The lowest BCUT2D eigenvalue weighted by Gasteiger charge is -2.23. The average Bonchev–Trinajstić information content (AvgIpc) is 2.61. The molecule has 1 heterocycles. The number of hydrogen-bond acceptors (Lipinski definition) is 3. The molecule has 1 aliphatic rings. The van der Waals surface area contributed by atoms with Crippen molar-refractivity contribution >= 4 is 0 Å². The molecule has 1 aliphatic heterocycles. The fourth-order valence-electron chi connectivity index (χ4n) is 2.65. The fourth-order valence-corrected chi connectivity index (χ4v) is 2.65. The van der Waals surface area contributed by atoms with Gasteiger partial charge in [0.15, 0.2) is 6.29 Å². The highest BCUT2D eigenvalue weighted by Gasteiger charge is 2.15. The van der Waals surface area contributed by atoms with E-state index in [4.69, 9.17) is 9.47 Å². The van der Waals surface area contributed by atoms with Crippen LogP contribution in [0.5, 0.6) is 5.75 Å². The minimum absolute atomic E-state index is 0.117. The second-order valence-electron chi connectivity index (χ2n) is 6.82. The smallest absolute Gasteiger partial charge is 0.199 e. The summed E-state index contributed by atoms with van der Waals surface area (Å²) in [4.78, 5) is 0. The molecule has 1 saturated heterocycles. The molecule has 0 aliphatic carbocycles. The highest BCUT2D eigenvalue weighted by Crippen LogP contribution is 2.25. The van der Waals surface area contributed by atoms with Crippen molar-refractivity contribution in [3.05, 3.63) is 54.1 Å². The van der Waals surface area contributed by atoms with Crippen LogP contribution >= 0.6 is 0 Å². The summed E-state index contributed by atoms with van der Waals surface area (Å²) in [5, 5.41) is 9.66. The summed E-state index contributed by atoms with van der Waals surface area (Å²) < 4.78 is 11.5. The first-order chi connectivity index (χ1) is 12.0. The Hall–Kier alpha value is -2.28. The third-order valence-corrected chi connectivity index (χ3v) is 3.99. The van der Waals surface area contributed by atoms with Gasteiger partial charge in [-0.3, -0.25) is 0 Å². The topological polar surface area (TPSA) is 38.7 Å². The molecule has 0 radical (unpaired) electrons. The van der Waals surface area contributed by atoms with Crippen LogP contribution in [0, 0.1) is 11.8 Å². The van der Waals surface area contributed by atoms with Crippen LogP contribution in [0.1, 0.15) is 38.7 Å². The molecule has 2 aromatic carbocycles. The van der Waals surface area contributed by atoms with Crippen LogP contribution in [-0.2, 0) is 4.74 Å². The van der Waals surface area contributed by atoms with E-state index in [9.17, 15) is 5.11 Å². The summed E-state index contributed by atoms with van der Waals surface area (Å²) in [6.07, 6.45) is 3.11. The molecule has 1 N–H and O–H groups in total. The summed E-state index contributed by atoms with van der Waals surface area (Å²) in [6.45, 7) is 4.14. The molecular weight excluding hydrogens is 312 g/mol. The SMILES string of the molecule is CC(C)(O)C#Cc1ccc(-c2ccc(OC3CCCCO3)cc2)cc1. The van der Waals surface area contributed by atoms with Crippen molar-refractivity contribution < 1.29 is 14.6 Å². The van der Waals surface area contributed by atoms with Crippen molar-refractivity contribution in [3.8, 4) is 28.7 Å². The van der Waals surface area contributed by atoms with Crippen LogP contribution in [0.15, 0.2) is 48.5 Å². The lowest BCUT2D eigenvalue weighted by molar-refractivity contribution is -0.105. The van der Waals surface area contributed by atoms with Gasteiger partial charge in [-0.05, 0) is 62.1 Å². The van der Waals surface area contributed by atoms with E-state index >= 15 is 0 Å². The van der Waals surface area contributed by atoms with Crippen molar-refractivity contribution in [1.29, 1.82) is 0 Å². The van der Waals surface area contributed by atoms with E-state index < -0.39 is 5.60 Å². The number of hydrogen-bond donors (Lipinski definition) is 1. The van der Waals surface area contributed by atoms with Crippen LogP contribution in [-0.4, -0.2) is 23.6 Å². The highest BCUT2D eigenvalue weighted by atomic mass is 16.7. The number of aliphatic hydroxyl groups is 1. The number of ether oxygens (including phenoxy) is 2. The van der Waals surface area contributed by atoms with Crippen molar-refractivity contribution in [3.63, 3.8) is 0 Å². The second-order valence-corrected chi connectivity index (χ2v) is 6.82. The molecule has 0 bridgehead atoms. The molecule has 0 saturated carbocycles. The Bertz CT molecular complexity index is 737. The number of benzene rings is 2. The maximum Gasteiger partial charge on any atom is 0.199 e. The lowest BCUT2D eigenvalue weighted by Crippen LogP contribution is -2.24. The van der Waals surface area contributed by atoms with Gasteiger partial charge in [0.2, 0.25) is 0 Å².